The summed E-state index contributed by atoms with van der Waals surface area (Å²) < 4.78 is 0. The number of carbonyl (C=O) groups is 2. The number of halogens is 1. The Hall–Kier alpha value is -1.98. The minimum absolute atomic E-state index is 0.0747. The smallest absolute Gasteiger partial charge is 0.253 e. The third-order valence-corrected chi connectivity index (χ3v) is 5.28. The molecule has 0 aliphatic heterocycles. The second-order valence-electron chi connectivity index (χ2n) is 6.03. The molecule has 0 saturated carbocycles. The Labute approximate surface area is 163 Å². The lowest BCUT2D eigenvalue weighted by atomic mass is 10.1. The number of hydrogen-bond donors (Lipinski definition) is 2. The Balaban J connectivity index is 2.06. The van der Waals surface area contributed by atoms with Gasteiger partial charge in [-0.2, -0.15) is 0 Å². The molecule has 0 aliphatic rings. The highest BCUT2D eigenvalue weighted by Gasteiger charge is 2.18. The molecule has 2 aromatic rings. The lowest BCUT2D eigenvalue weighted by Gasteiger charge is -2.16. The van der Waals surface area contributed by atoms with E-state index in [2.05, 4.69) is 10.6 Å². The first-order valence-electron chi connectivity index (χ1n) is 8.53. The van der Waals surface area contributed by atoms with Gasteiger partial charge in [0.2, 0.25) is 5.91 Å². The monoisotopic (exact) mass is 390 g/mol. The maximum absolute atomic E-state index is 12.5. The molecule has 0 radical (unpaired) electrons. The minimum atomic E-state index is -0.318. The van der Waals surface area contributed by atoms with Crippen molar-refractivity contribution >= 4 is 40.9 Å². The second-order valence-corrected chi connectivity index (χ2v) is 7.88. The van der Waals surface area contributed by atoms with Crippen LogP contribution in [0.2, 0.25) is 5.02 Å². The maximum Gasteiger partial charge on any atom is 0.253 e. The van der Waals surface area contributed by atoms with Gasteiger partial charge in [-0.1, -0.05) is 30.7 Å². The zero-order valence-electron chi connectivity index (χ0n) is 15.1. The van der Waals surface area contributed by atoms with E-state index in [-0.39, 0.29) is 23.1 Å². The molecule has 0 heterocycles. The molecule has 4 nitrogen and oxygen atoms in total. The number of thioether (sulfide) groups is 1. The number of carbonyl (C=O) groups excluding carboxylic acids is 2. The van der Waals surface area contributed by atoms with E-state index in [1.165, 1.54) is 11.8 Å². The second kappa shape index (κ2) is 9.64. The highest BCUT2D eigenvalue weighted by molar-refractivity contribution is 8.00. The fourth-order valence-corrected chi connectivity index (χ4v) is 3.19. The fourth-order valence-electron chi connectivity index (χ4n) is 2.20. The molecule has 0 fully saturated rings. The highest BCUT2D eigenvalue weighted by atomic mass is 35.5. The summed E-state index contributed by atoms with van der Waals surface area (Å²) in [6.45, 7) is 5.79. The fraction of sp³-hybridized carbons (Fsp3) is 0.300. The van der Waals surface area contributed by atoms with Crippen LogP contribution < -0.4 is 10.6 Å². The summed E-state index contributed by atoms with van der Waals surface area (Å²) in [6.07, 6.45) is 0.842. The van der Waals surface area contributed by atoms with Crippen molar-refractivity contribution in [1.29, 1.82) is 0 Å². The molecule has 2 N–H and O–H groups in total. The molecule has 2 aromatic carbocycles. The van der Waals surface area contributed by atoms with Crippen molar-refractivity contribution in [3.63, 3.8) is 0 Å². The molecule has 138 valence electrons. The van der Waals surface area contributed by atoms with E-state index < -0.39 is 0 Å². The van der Waals surface area contributed by atoms with Gasteiger partial charge in [0.25, 0.3) is 5.91 Å². The van der Waals surface area contributed by atoms with Gasteiger partial charge in [-0.25, -0.2) is 0 Å². The largest absolute Gasteiger partial charge is 0.350 e. The van der Waals surface area contributed by atoms with Crippen LogP contribution in [-0.4, -0.2) is 23.1 Å². The Kier molecular flexibility index (Phi) is 7.54. The SMILES string of the molecule is CC[C@H](C)NC(=O)c1ccccc1NC(=O)[C@H](C)Sc1ccc(Cl)cc1. The van der Waals surface area contributed by atoms with Crippen molar-refractivity contribution in [2.45, 2.75) is 43.4 Å². The Morgan fingerprint density at radius 2 is 1.73 bits per heavy atom. The van der Waals surface area contributed by atoms with E-state index in [1.54, 1.807) is 36.4 Å². The summed E-state index contributed by atoms with van der Waals surface area (Å²) in [5, 5.41) is 6.14. The number of benzene rings is 2. The van der Waals surface area contributed by atoms with E-state index in [1.807, 2.05) is 32.9 Å². The molecule has 6 heteroatoms. The van der Waals surface area contributed by atoms with Gasteiger partial charge in [0, 0.05) is 16.0 Å². The van der Waals surface area contributed by atoms with E-state index >= 15 is 0 Å². The Morgan fingerprint density at radius 1 is 1.08 bits per heavy atom. The Bertz CT molecular complexity index is 765. The van der Waals surface area contributed by atoms with Crippen molar-refractivity contribution in [1.82, 2.24) is 5.32 Å². The average molecular weight is 391 g/mol. The van der Waals surface area contributed by atoms with E-state index in [9.17, 15) is 9.59 Å². The predicted molar refractivity (Wildman–Crippen MR) is 109 cm³/mol. The van der Waals surface area contributed by atoms with Crippen molar-refractivity contribution in [2.75, 3.05) is 5.32 Å². The normalized spacial score (nSPS) is 12.9. The topological polar surface area (TPSA) is 58.2 Å². The van der Waals surface area contributed by atoms with Crippen LogP contribution in [0.3, 0.4) is 0 Å². The summed E-state index contributed by atoms with van der Waals surface area (Å²) in [5.41, 5.74) is 0.978. The van der Waals surface area contributed by atoms with Crippen molar-refractivity contribution in [2.24, 2.45) is 0 Å². The lowest BCUT2D eigenvalue weighted by Crippen LogP contribution is -2.33. The third-order valence-electron chi connectivity index (χ3n) is 3.92. The molecule has 0 unspecified atom stereocenters. The molecule has 0 aromatic heterocycles. The van der Waals surface area contributed by atoms with Crippen molar-refractivity contribution < 1.29 is 9.59 Å². The molecule has 0 aliphatic carbocycles. The summed E-state index contributed by atoms with van der Waals surface area (Å²) >= 11 is 7.32. The first kappa shape index (κ1) is 20.3. The van der Waals surface area contributed by atoms with Crippen LogP contribution >= 0.6 is 23.4 Å². The standard InChI is InChI=1S/C20H23ClN2O2S/c1-4-13(2)22-20(25)17-7-5-6-8-18(17)23-19(24)14(3)26-16-11-9-15(21)10-12-16/h5-14H,4H2,1-3H3,(H,22,25)(H,23,24)/t13-,14-/m0/s1. The molecule has 0 spiro atoms. The number of rotatable bonds is 7. The first-order chi connectivity index (χ1) is 12.4. The number of anilines is 1. The zero-order chi connectivity index (χ0) is 19.1. The minimum Gasteiger partial charge on any atom is -0.350 e. The maximum atomic E-state index is 12.5. The molecule has 0 bridgehead atoms. The van der Waals surface area contributed by atoms with Crippen LogP contribution in [-0.2, 0) is 4.79 Å². The van der Waals surface area contributed by atoms with Crippen LogP contribution in [0.1, 0.15) is 37.6 Å². The quantitative estimate of drug-likeness (QED) is 0.655. The molecular formula is C20H23ClN2O2S. The zero-order valence-corrected chi connectivity index (χ0v) is 16.7. The highest BCUT2D eigenvalue weighted by Crippen LogP contribution is 2.26. The lowest BCUT2D eigenvalue weighted by molar-refractivity contribution is -0.115. The predicted octanol–water partition coefficient (Wildman–Crippen LogP) is 4.99. The van der Waals surface area contributed by atoms with Gasteiger partial charge < -0.3 is 10.6 Å². The van der Waals surface area contributed by atoms with E-state index in [4.69, 9.17) is 11.6 Å². The third kappa shape index (κ3) is 5.78. The van der Waals surface area contributed by atoms with Crippen LogP contribution in [0, 0.1) is 0 Å². The summed E-state index contributed by atoms with van der Waals surface area (Å²) in [4.78, 5) is 25.9. The van der Waals surface area contributed by atoms with Gasteiger partial charge in [0.1, 0.15) is 0 Å². The molecule has 26 heavy (non-hydrogen) atoms. The number of para-hydroxylation sites is 1. The summed E-state index contributed by atoms with van der Waals surface area (Å²) in [7, 11) is 0. The number of amides is 2. The molecule has 0 saturated heterocycles. The van der Waals surface area contributed by atoms with Crippen LogP contribution in [0.4, 0.5) is 5.69 Å². The Morgan fingerprint density at radius 3 is 2.38 bits per heavy atom. The van der Waals surface area contributed by atoms with E-state index in [0.29, 0.717) is 16.3 Å². The van der Waals surface area contributed by atoms with Crippen LogP contribution in [0.5, 0.6) is 0 Å². The van der Waals surface area contributed by atoms with E-state index in [0.717, 1.165) is 11.3 Å². The van der Waals surface area contributed by atoms with Crippen molar-refractivity contribution in [3.8, 4) is 0 Å². The number of nitrogens with one attached hydrogen (secondary N) is 2. The van der Waals surface area contributed by atoms with Gasteiger partial charge in [-0.05, 0) is 56.7 Å². The first-order valence-corrected chi connectivity index (χ1v) is 9.79. The average Bonchev–Trinajstić information content (AvgIpc) is 2.63. The molecular weight excluding hydrogens is 368 g/mol. The van der Waals surface area contributed by atoms with Crippen LogP contribution in [0.25, 0.3) is 0 Å². The van der Waals surface area contributed by atoms with Crippen LogP contribution in [0.15, 0.2) is 53.4 Å². The van der Waals surface area contributed by atoms with Crippen molar-refractivity contribution in [3.05, 3.63) is 59.1 Å². The van der Waals surface area contributed by atoms with Gasteiger partial charge in [0.05, 0.1) is 16.5 Å². The van der Waals surface area contributed by atoms with Gasteiger partial charge in [-0.3, -0.25) is 9.59 Å². The summed E-state index contributed by atoms with van der Waals surface area (Å²) in [6, 6.07) is 14.5. The molecule has 2 rings (SSSR count). The van der Waals surface area contributed by atoms with Gasteiger partial charge >= 0.3 is 0 Å². The summed E-state index contributed by atoms with van der Waals surface area (Å²) in [5.74, 6) is -0.345. The van der Waals surface area contributed by atoms with Gasteiger partial charge in [-0.15, -0.1) is 11.8 Å². The molecule has 2 atom stereocenters. The van der Waals surface area contributed by atoms with Gasteiger partial charge in [0.15, 0.2) is 0 Å². The molecule has 2 amide bonds. The number of hydrogen-bond acceptors (Lipinski definition) is 3.